The van der Waals surface area contributed by atoms with Crippen LogP contribution in [0.3, 0.4) is 0 Å². The summed E-state index contributed by atoms with van der Waals surface area (Å²) in [6.07, 6.45) is 0. The highest BCUT2D eigenvalue weighted by Gasteiger charge is 2.19. The van der Waals surface area contributed by atoms with Crippen LogP contribution in [0.1, 0.15) is 16.3 Å². The SMILES string of the molecule is Cc1nc2nc(C(=O)O)cc(N3CCNCC3)n2n1. The first-order valence-electron chi connectivity index (χ1n) is 6.08. The van der Waals surface area contributed by atoms with Gasteiger partial charge in [0.15, 0.2) is 5.69 Å². The van der Waals surface area contributed by atoms with Gasteiger partial charge in [-0.3, -0.25) is 0 Å². The third-order valence-electron chi connectivity index (χ3n) is 3.06. The molecule has 0 atom stereocenters. The number of hydrogen-bond acceptors (Lipinski definition) is 6. The van der Waals surface area contributed by atoms with Crippen LogP contribution in [0.2, 0.25) is 0 Å². The quantitative estimate of drug-likeness (QED) is 0.756. The molecule has 0 amide bonds. The number of carboxylic acids is 1. The normalized spacial score (nSPS) is 15.9. The molecule has 1 saturated heterocycles. The average Bonchev–Trinajstić information content (AvgIpc) is 2.78. The monoisotopic (exact) mass is 262 g/mol. The lowest BCUT2D eigenvalue weighted by molar-refractivity contribution is 0.0690. The summed E-state index contributed by atoms with van der Waals surface area (Å²) in [5, 5.41) is 16.7. The Labute approximate surface area is 109 Å². The van der Waals surface area contributed by atoms with Crippen molar-refractivity contribution in [1.29, 1.82) is 0 Å². The minimum Gasteiger partial charge on any atom is -0.477 e. The Bertz CT molecular complexity index is 631. The summed E-state index contributed by atoms with van der Waals surface area (Å²) in [6, 6.07) is 1.55. The molecule has 2 N–H and O–H groups in total. The number of aromatic nitrogens is 4. The van der Waals surface area contributed by atoms with Gasteiger partial charge in [-0.25, -0.2) is 9.78 Å². The summed E-state index contributed by atoms with van der Waals surface area (Å²) in [6.45, 7) is 5.09. The third kappa shape index (κ3) is 2.10. The lowest BCUT2D eigenvalue weighted by Gasteiger charge is -2.29. The second-order valence-electron chi connectivity index (χ2n) is 4.41. The number of hydrogen-bond donors (Lipinski definition) is 2. The summed E-state index contributed by atoms with van der Waals surface area (Å²) in [7, 11) is 0. The minimum atomic E-state index is -1.06. The van der Waals surface area contributed by atoms with Crippen molar-refractivity contribution >= 4 is 17.6 Å². The molecule has 0 saturated carbocycles. The molecule has 8 nitrogen and oxygen atoms in total. The van der Waals surface area contributed by atoms with Gasteiger partial charge >= 0.3 is 5.97 Å². The van der Waals surface area contributed by atoms with Crippen molar-refractivity contribution in [2.75, 3.05) is 31.1 Å². The zero-order valence-corrected chi connectivity index (χ0v) is 10.5. The van der Waals surface area contributed by atoms with Gasteiger partial charge in [-0.05, 0) is 6.92 Å². The van der Waals surface area contributed by atoms with Crippen LogP contribution in [0.4, 0.5) is 5.82 Å². The van der Waals surface area contributed by atoms with Crippen molar-refractivity contribution in [3.8, 4) is 0 Å². The fourth-order valence-electron chi connectivity index (χ4n) is 2.18. The number of nitrogens with zero attached hydrogens (tertiary/aromatic N) is 5. The van der Waals surface area contributed by atoms with E-state index in [2.05, 4.69) is 25.3 Å². The Hall–Kier alpha value is -2.22. The van der Waals surface area contributed by atoms with Crippen molar-refractivity contribution in [3.05, 3.63) is 17.6 Å². The van der Waals surface area contributed by atoms with Crippen molar-refractivity contribution in [3.63, 3.8) is 0 Å². The highest BCUT2D eigenvalue weighted by molar-refractivity contribution is 5.87. The zero-order valence-electron chi connectivity index (χ0n) is 10.5. The van der Waals surface area contributed by atoms with Crippen molar-refractivity contribution in [1.82, 2.24) is 24.9 Å². The maximum absolute atomic E-state index is 11.1. The van der Waals surface area contributed by atoms with E-state index in [0.29, 0.717) is 11.6 Å². The molecule has 3 heterocycles. The first-order chi connectivity index (χ1) is 9.15. The van der Waals surface area contributed by atoms with Crippen LogP contribution in [-0.2, 0) is 0 Å². The Morgan fingerprint density at radius 3 is 2.79 bits per heavy atom. The lowest BCUT2D eigenvalue weighted by atomic mass is 10.3. The molecule has 8 heteroatoms. The number of piperazine rings is 1. The Morgan fingerprint density at radius 1 is 1.37 bits per heavy atom. The maximum Gasteiger partial charge on any atom is 0.354 e. The van der Waals surface area contributed by atoms with Gasteiger partial charge in [-0.15, -0.1) is 5.10 Å². The van der Waals surface area contributed by atoms with Gasteiger partial charge in [-0.1, -0.05) is 0 Å². The van der Waals surface area contributed by atoms with Crippen LogP contribution < -0.4 is 10.2 Å². The fraction of sp³-hybridized carbons (Fsp3) is 0.455. The first kappa shape index (κ1) is 11.8. The third-order valence-corrected chi connectivity index (χ3v) is 3.06. The molecule has 1 fully saturated rings. The van der Waals surface area contributed by atoms with E-state index in [4.69, 9.17) is 5.11 Å². The predicted molar refractivity (Wildman–Crippen MR) is 67.6 cm³/mol. The van der Waals surface area contributed by atoms with E-state index in [1.165, 1.54) is 0 Å². The molecule has 0 unspecified atom stereocenters. The van der Waals surface area contributed by atoms with E-state index in [1.54, 1.807) is 17.5 Å². The maximum atomic E-state index is 11.1. The van der Waals surface area contributed by atoms with Gasteiger partial charge in [0, 0.05) is 32.2 Å². The predicted octanol–water partition coefficient (Wildman–Crippen LogP) is -0.459. The van der Waals surface area contributed by atoms with Gasteiger partial charge in [0.05, 0.1) is 0 Å². The molecule has 0 aliphatic carbocycles. The molecule has 19 heavy (non-hydrogen) atoms. The van der Waals surface area contributed by atoms with E-state index < -0.39 is 5.97 Å². The fourth-order valence-corrected chi connectivity index (χ4v) is 2.18. The van der Waals surface area contributed by atoms with Gasteiger partial charge in [0.2, 0.25) is 0 Å². The van der Waals surface area contributed by atoms with Crippen LogP contribution in [0.15, 0.2) is 6.07 Å². The van der Waals surface area contributed by atoms with Crippen LogP contribution >= 0.6 is 0 Å². The number of fused-ring (bicyclic) bond motifs is 1. The number of aryl methyl sites for hydroxylation is 1. The van der Waals surface area contributed by atoms with Crippen LogP contribution in [-0.4, -0.2) is 56.8 Å². The summed E-state index contributed by atoms with van der Waals surface area (Å²) in [5.74, 6) is 0.571. The van der Waals surface area contributed by atoms with Gasteiger partial charge in [0.25, 0.3) is 5.78 Å². The number of carbonyl (C=O) groups is 1. The van der Waals surface area contributed by atoms with E-state index in [9.17, 15) is 4.79 Å². The molecule has 0 radical (unpaired) electrons. The van der Waals surface area contributed by atoms with Crippen LogP contribution in [0.5, 0.6) is 0 Å². The number of carboxylic acid groups (broad SMARTS) is 1. The molecule has 0 bridgehead atoms. The van der Waals surface area contributed by atoms with Crippen LogP contribution in [0, 0.1) is 6.92 Å². The molecule has 2 aromatic rings. The molecule has 3 rings (SSSR count). The second kappa shape index (κ2) is 4.47. The number of rotatable bonds is 2. The van der Waals surface area contributed by atoms with E-state index in [-0.39, 0.29) is 5.69 Å². The number of nitrogens with one attached hydrogen (secondary N) is 1. The van der Waals surface area contributed by atoms with Gasteiger partial charge < -0.3 is 15.3 Å². The summed E-state index contributed by atoms with van der Waals surface area (Å²) >= 11 is 0. The molecular formula is C11H14N6O2. The molecule has 2 aromatic heterocycles. The second-order valence-corrected chi connectivity index (χ2v) is 4.41. The topological polar surface area (TPSA) is 95.6 Å². The summed E-state index contributed by atoms with van der Waals surface area (Å²) in [4.78, 5) is 21.4. The number of anilines is 1. The van der Waals surface area contributed by atoms with Crippen molar-refractivity contribution in [2.24, 2.45) is 0 Å². The molecule has 0 aromatic carbocycles. The molecule has 1 aliphatic heterocycles. The average molecular weight is 262 g/mol. The highest BCUT2D eigenvalue weighted by atomic mass is 16.4. The van der Waals surface area contributed by atoms with E-state index in [1.807, 2.05) is 0 Å². The zero-order chi connectivity index (χ0) is 13.4. The summed E-state index contributed by atoms with van der Waals surface area (Å²) < 4.78 is 1.60. The van der Waals surface area contributed by atoms with E-state index in [0.717, 1.165) is 32.0 Å². The standard InChI is InChI=1S/C11H14N6O2/c1-7-13-11-14-8(10(18)19)6-9(17(11)15-7)16-4-2-12-3-5-16/h6,12H,2-5H2,1H3,(H,18,19). The van der Waals surface area contributed by atoms with Crippen molar-refractivity contribution < 1.29 is 9.90 Å². The van der Waals surface area contributed by atoms with Gasteiger partial charge in [0.1, 0.15) is 11.6 Å². The Kier molecular flexibility index (Phi) is 2.79. The van der Waals surface area contributed by atoms with E-state index >= 15 is 0 Å². The molecule has 0 spiro atoms. The lowest BCUT2D eigenvalue weighted by Crippen LogP contribution is -2.44. The molecule has 1 aliphatic rings. The smallest absolute Gasteiger partial charge is 0.354 e. The number of aromatic carboxylic acids is 1. The highest BCUT2D eigenvalue weighted by Crippen LogP contribution is 2.17. The Balaban J connectivity index is 2.16. The van der Waals surface area contributed by atoms with Gasteiger partial charge in [-0.2, -0.15) is 9.50 Å². The molecular weight excluding hydrogens is 248 g/mol. The summed E-state index contributed by atoms with van der Waals surface area (Å²) in [5.41, 5.74) is -0.00608. The van der Waals surface area contributed by atoms with Crippen molar-refractivity contribution in [2.45, 2.75) is 6.92 Å². The van der Waals surface area contributed by atoms with Crippen LogP contribution in [0.25, 0.3) is 5.78 Å². The first-order valence-corrected chi connectivity index (χ1v) is 6.08. The largest absolute Gasteiger partial charge is 0.477 e. The molecule has 100 valence electrons. The minimum absolute atomic E-state index is 0.00608. The Morgan fingerprint density at radius 2 is 2.11 bits per heavy atom.